The van der Waals surface area contributed by atoms with Crippen molar-refractivity contribution in [3.05, 3.63) is 59.5 Å². The van der Waals surface area contributed by atoms with Crippen molar-refractivity contribution in [1.82, 2.24) is 19.5 Å². The van der Waals surface area contributed by atoms with Crippen LogP contribution in [-0.4, -0.2) is 47.5 Å². The Labute approximate surface area is 241 Å². The van der Waals surface area contributed by atoms with Gasteiger partial charge in [-0.2, -0.15) is 0 Å². The number of fused-ring (bicyclic) bond motifs is 2. The Bertz CT molecular complexity index is 1250. The molecule has 0 saturated carbocycles. The first-order valence-corrected chi connectivity index (χ1v) is 17.6. The number of hydrogen-bond donors (Lipinski definition) is 1. The van der Waals surface area contributed by atoms with Gasteiger partial charge in [0.15, 0.2) is 19.8 Å². The molecular weight excluding hydrogens is 514 g/mol. The standard InChI is InChI=1S/C32H49N5O2Si/c1-22(2)40(23(3)4,24(5)6)38-20-10-19-36-18-9-13-29(36)32-35-34-31-17-14-25(21-37(31)32)39-30-16-15-28(33)26-11-7-8-12-27(26)30/h7-8,11-12,14,17,21-24,28-30H,9-10,13,15-16,18-20,33H2,1-6H3/t28-,29-,30+/m0/s1. The zero-order valence-corrected chi connectivity index (χ0v) is 26.3. The summed E-state index contributed by atoms with van der Waals surface area (Å²) in [7, 11) is -1.83. The van der Waals surface area contributed by atoms with Crippen molar-refractivity contribution < 1.29 is 9.16 Å². The molecule has 0 spiro atoms. The van der Waals surface area contributed by atoms with Gasteiger partial charge in [-0.1, -0.05) is 65.8 Å². The maximum absolute atomic E-state index is 6.84. The van der Waals surface area contributed by atoms with E-state index in [9.17, 15) is 0 Å². The number of aromatic nitrogens is 3. The van der Waals surface area contributed by atoms with E-state index in [-0.39, 0.29) is 18.2 Å². The molecule has 7 nitrogen and oxygen atoms in total. The minimum atomic E-state index is -1.83. The fourth-order valence-electron chi connectivity index (χ4n) is 7.66. The van der Waals surface area contributed by atoms with Crippen LogP contribution in [0.1, 0.15) is 109 Å². The lowest BCUT2D eigenvalue weighted by molar-refractivity contribution is 0.176. The van der Waals surface area contributed by atoms with E-state index in [4.69, 9.17) is 14.9 Å². The van der Waals surface area contributed by atoms with Gasteiger partial charge in [0.25, 0.3) is 0 Å². The minimum Gasteiger partial charge on any atom is -0.484 e. The third-order valence-corrected chi connectivity index (χ3v) is 15.6. The Morgan fingerprint density at radius 2 is 1.65 bits per heavy atom. The van der Waals surface area contributed by atoms with E-state index in [0.29, 0.717) is 16.6 Å². The molecule has 2 N–H and O–H groups in total. The molecule has 1 aliphatic carbocycles. The van der Waals surface area contributed by atoms with E-state index >= 15 is 0 Å². The Morgan fingerprint density at radius 1 is 0.925 bits per heavy atom. The molecule has 0 bridgehead atoms. The molecule has 1 fully saturated rings. The van der Waals surface area contributed by atoms with Gasteiger partial charge in [-0.3, -0.25) is 9.30 Å². The van der Waals surface area contributed by atoms with E-state index in [1.807, 2.05) is 12.1 Å². The number of hydrogen-bond acceptors (Lipinski definition) is 6. The Morgan fingerprint density at radius 3 is 2.38 bits per heavy atom. The fraction of sp³-hybridized carbons (Fsp3) is 0.625. The van der Waals surface area contributed by atoms with E-state index in [2.05, 4.69) is 91.5 Å². The molecule has 2 aliphatic rings. The maximum Gasteiger partial charge on any atom is 0.200 e. The fourth-order valence-corrected chi connectivity index (χ4v) is 13.2. The molecule has 0 amide bonds. The summed E-state index contributed by atoms with van der Waals surface area (Å²) in [4.78, 5) is 2.58. The third-order valence-electron chi connectivity index (χ3n) is 9.47. The molecule has 3 heterocycles. The highest BCUT2D eigenvalue weighted by molar-refractivity contribution is 6.77. The number of rotatable bonds is 11. The van der Waals surface area contributed by atoms with Crippen molar-refractivity contribution in [3.63, 3.8) is 0 Å². The van der Waals surface area contributed by atoms with Gasteiger partial charge < -0.3 is 14.9 Å². The molecule has 2 aromatic heterocycles. The molecule has 3 aromatic rings. The van der Waals surface area contributed by atoms with Crippen LogP contribution in [0.3, 0.4) is 0 Å². The number of benzene rings is 1. The van der Waals surface area contributed by atoms with Gasteiger partial charge in [0.1, 0.15) is 11.9 Å². The predicted molar refractivity (Wildman–Crippen MR) is 164 cm³/mol. The van der Waals surface area contributed by atoms with Crippen molar-refractivity contribution >= 4 is 14.0 Å². The predicted octanol–water partition coefficient (Wildman–Crippen LogP) is 7.36. The second-order valence-electron chi connectivity index (χ2n) is 12.8. The lowest BCUT2D eigenvalue weighted by atomic mass is 9.86. The van der Waals surface area contributed by atoms with Crippen LogP contribution in [0, 0.1) is 0 Å². The SMILES string of the molecule is CC(C)[Si](OCCCN1CCC[C@H]1c1nnc2ccc(O[C@@H]3CC[C@H](N)c4ccccc43)cn12)(C(C)C)C(C)C. The summed E-state index contributed by atoms with van der Waals surface area (Å²) >= 11 is 0. The van der Waals surface area contributed by atoms with E-state index in [1.54, 1.807) is 0 Å². The van der Waals surface area contributed by atoms with Gasteiger partial charge >= 0.3 is 0 Å². The van der Waals surface area contributed by atoms with Crippen molar-refractivity contribution in [2.24, 2.45) is 5.73 Å². The van der Waals surface area contributed by atoms with Crippen LogP contribution in [0.4, 0.5) is 0 Å². The second kappa shape index (κ2) is 12.3. The lowest BCUT2D eigenvalue weighted by Gasteiger charge is -2.42. The molecule has 0 radical (unpaired) electrons. The highest BCUT2D eigenvalue weighted by atomic mass is 28.4. The normalized spacial score (nSPS) is 22.1. The average molecular weight is 564 g/mol. The molecule has 1 aliphatic heterocycles. The Hall–Kier alpha value is -2.26. The van der Waals surface area contributed by atoms with E-state index < -0.39 is 8.32 Å². The first kappa shape index (κ1) is 29.2. The van der Waals surface area contributed by atoms with Crippen molar-refractivity contribution in [1.29, 1.82) is 0 Å². The van der Waals surface area contributed by atoms with Gasteiger partial charge in [-0.25, -0.2) is 0 Å². The van der Waals surface area contributed by atoms with E-state index in [0.717, 1.165) is 62.6 Å². The molecule has 5 rings (SSSR count). The van der Waals surface area contributed by atoms with Gasteiger partial charge in [-0.15, -0.1) is 10.2 Å². The van der Waals surface area contributed by atoms with Crippen LogP contribution in [0.25, 0.3) is 5.65 Å². The average Bonchev–Trinajstić information content (AvgIpc) is 3.56. The number of nitrogens with zero attached hydrogens (tertiary/aromatic N) is 4. The molecule has 40 heavy (non-hydrogen) atoms. The van der Waals surface area contributed by atoms with Crippen LogP contribution in [0.15, 0.2) is 42.6 Å². The molecule has 1 aromatic carbocycles. The first-order chi connectivity index (χ1) is 19.2. The first-order valence-electron chi connectivity index (χ1n) is 15.5. The summed E-state index contributed by atoms with van der Waals surface area (Å²) in [6.07, 6.45) is 7.26. The smallest absolute Gasteiger partial charge is 0.200 e. The Kier molecular flexibility index (Phi) is 9.00. The van der Waals surface area contributed by atoms with E-state index in [1.165, 1.54) is 17.5 Å². The summed E-state index contributed by atoms with van der Waals surface area (Å²) in [6.45, 7) is 17.1. The number of nitrogens with two attached hydrogens (primary N) is 1. The summed E-state index contributed by atoms with van der Waals surface area (Å²) in [6, 6.07) is 12.8. The van der Waals surface area contributed by atoms with Crippen LogP contribution in [0.2, 0.25) is 16.6 Å². The highest BCUT2D eigenvalue weighted by Gasteiger charge is 2.45. The van der Waals surface area contributed by atoms with Gasteiger partial charge in [0.2, 0.25) is 0 Å². The highest BCUT2D eigenvalue weighted by Crippen LogP contribution is 2.42. The lowest BCUT2D eigenvalue weighted by Crippen LogP contribution is -2.48. The molecule has 3 atom stereocenters. The van der Waals surface area contributed by atoms with Crippen LogP contribution < -0.4 is 10.5 Å². The molecule has 0 unspecified atom stereocenters. The van der Waals surface area contributed by atoms with Crippen molar-refractivity contribution in [3.8, 4) is 5.75 Å². The topological polar surface area (TPSA) is 77.9 Å². The van der Waals surface area contributed by atoms with Crippen LogP contribution >= 0.6 is 0 Å². The summed E-state index contributed by atoms with van der Waals surface area (Å²) < 4.78 is 15.5. The van der Waals surface area contributed by atoms with Crippen molar-refractivity contribution in [2.75, 3.05) is 19.7 Å². The number of likely N-dealkylation sites (tertiary alicyclic amines) is 1. The second-order valence-corrected chi connectivity index (χ2v) is 18.2. The molecule has 1 saturated heterocycles. The summed E-state index contributed by atoms with van der Waals surface area (Å²) in [5, 5.41) is 9.19. The zero-order chi connectivity index (χ0) is 28.4. The quantitative estimate of drug-likeness (QED) is 0.194. The Balaban J connectivity index is 1.27. The molecule has 8 heteroatoms. The monoisotopic (exact) mass is 563 g/mol. The zero-order valence-electron chi connectivity index (χ0n) is 25.3. The third kappa shape index (κ3) is 5.60. The van der Waals surface area contributed by atoms with Gasteiger partial charge in [0, 0.05) is 19.2 Å². The largest absolute Gasteiger partial charge is 0.484 e. The van der Waals surface area contributed by atoms with Gasteiger partial charge in [0.05, 0.1) is 12.2 Å². The maximum atomic E-state index is 6.84. The molecular formula is C32H49N5O2Si. The van der Waals surface area contributed by atoms with Crippen molar-refractivity contribution in [2.45, 2.75) is 108 Å². The molecule has 218 valence electrons. The van der Waals surface area contributed by atoms with Crippen LogP contribution in [-0.2, 0) is 4.43 Å². The minimum absolute atomic E-state index is 0.00884. The number of ether oxygens (including phenoxy) is 1. The van der Waals surface area contributed by atoms with Crippen LogP contribution in [0.5, 0.6) is 5.75 Å². The summed E-state index contributed by atoms with van der Waals surface area (Å²) in [5.41, 5.74) is 11.5. The number of pyridine rings is 1. The van der Waals surface area contributed by atoms with Gasteiger partial charge in [-0.05, 0) is 78.5 Å². The summed E-state index contributed by atoms with van der Waals surface area (Å²) in [5.74, 6) is 1.86.